The van der Waals surface area contributed by atoms with Crippen molar-refractivity contribution in [3.63, 3.8) is 0 Å². The molecule has 1 aliphatic rings. The van der Waals surface area contributed by atoms with Gasteiger partial charge in [-0.05, 0) is 54.7 Å². The molecule has 22 heavy (non-hydrogen) atoms. The second-order valence-electron chi connectivity index (χ2n) is 5.66. The molecule has 1 heterocycles. The first kappa shape index (κ1) is 13.1. The van der Waals surface area contributed by atoms with Gasteiger partial charge in [0.1, 0.15) is 17.9 Å². The SMILES string of the molecule is O=c1cc(COc2ccccc2)c2cc3c(cc2o1)CCC3. The van der Waals surface area contributed by atoms with Crippen LogP contribution in [0.5, 0.6) is 5.75 Å². The van der Waals surface area contributed by atoms with Crippen molar-refractivity contribution >= 4 is 11.0 Å². The Labute approximate surface area is 128 Å². The summed E-state index contributed by atoms with van der Waals surface area (Å²) >= 11 is 0. The van der Waals surface area contributed by atoms with Gasteiger partial charge in [-0.3, -0.25) is 0 Å². The largest absolute Gasteiger partial charge is 0.489 e. The average molecular weight is 292 g/mol. The molecule has 110 valence electrons. The van der Waals surface area contributed by atoms with E-state index >= 15 is 0 Å². The van der Waals surface area contributed by atoms with Crippen molar-refractivity contribution in [3.8, 4) is 5.75 Å². The Hall–Kier alpha value is -2.55. The molecule has 0 fully saturated rings. The highest BCUT2D eigenvalue weighted by atomic mass is 16.5. The third kappa shape index (κ3) is 2.39. The summed E-state index contributed by atoms with van der Waals surface area (Å²) in [6, 6.07) is 15.3. The summed E-state index contributed by atoms with van der Waals surface area (Å²) in [5, 5.41) is 0.983. The number of rotatable bonds is 3. The topological polar surface area (TPSA) is 39.4 Å². The maximum Gasteiger partial charge on any atom is 0.336 e. The van der Waals surface area contributed by atoms with Gasteiger partial charge in [0.2, 0.25) is 0 Å². The van der Waals surface area contributed by atoms with Crippen LogP contribution < -0.4 is 10.4 Å². The van der Waals surface area contributed by atoms with Gasteiger partial charge in [-0.15, -0.1) is 0 Å². The second kappa shape index (κ2) is 5.34. The molecule has 3 aromatic rings. The second-order valence-corrected chi connectivity index (χ2v) is 5.66. The highest BCUT2D eigenvalue weighted by Gasteiger charge is 2.15. The van der Waals surface area contributed by atoms with Crippen molar-refractivity contribution < 1.29 is 9.15 Å². The van der Waals surface area contributed by atoms with Crippen molar-refractivity contribution in [2.24, 2.45) is 0 Å². The summed E-state index contributed by atoms with van der Waals surface area (Å²) in [6.45, 7) is 0.366. The normalized spacial score (nSPS) is 13.3. The molecule has 0 unspecified atom stereocenters. The Balaban J connectivity index is 1.74. The molecular weight excluding hydrogens is 276 g/mol. The van der Waals surface area contributed by atoms with Crippen molar-refractivity contribution in [1.29, 1.82) is 0 Å². The first-order valence-electron chi connectivity index (χ1n) is 7.56. The van der Waals surface area contributed by atoms with Crippen LogP contribution in [-0.2, 0) is 19.4 Å². The smallest absolute Gasteiger partial charge is 0.336 e. The van der Waals surface area contributed by atoms with Gasteiger partial charge in [0, 0.05) is 17.0 Å². The molecule has 1 aliphatic carbocycles. The van der Waals surface area contributed by atoms with Gasteiger partial charge in [-0.2, -0.15) is 0 Å². The van der Waals surface area contributed by atoms with E-state index in [1.807, 2.05) is 36.4 Å². The van der Waals surface area contributed by atoms with Crippen molar-refractivity contribution in [2.45, 2.75) is 25.9 Å². The van der Waals surface area contributed by atoms with E-state index < -0.39 is 0 Å². The quantitative estimate of drug-likeness (QED) is 0.688. The third-order valence-corrected chi connectivity index (χ3v) is 4.18. The van der Waals surface area contributed by atoms with Crippen LogP contribution in [0.3, 0.4) is 0 Å². The lowest BCUT2D eigenvalue weighted by atomic mass is 10.0. The highest BCUT2D eigenvalue weighted by molar-refractivity contribution is 5.82. The molecule has 2 aromatic carbocycles. The molecule has 0 spiro atoms. The zero-order chi connectivity index (χ0) is 14.9. The van der Waals surface area contributed by atoms with Crippen LogP contribution in [0, 0.1) is 0 Å². The maximum atomic E-state index is 11.8. The summed E-state index contributed by atoms with van der Waals surface area (Å²) in [5.74, 6) is 0.796. The molecule has 4 rings (SSSR count). The number of hydrogen-bond acceptors (Lipinski definition) is 3. The van der Waals surface area contributed by atoms with E-state index in [0.717, 1.165) is 29.5 Å². The summed E-state index contributed by atoms with van der Waals surface area (Å²) in [4.78, 5) is 11.8. The number of para-hydroxylation sites is 1. The van der Waals surface area contributed by atoms with Crippen LogP contribution in [0.2, 0.25) is 0 Å². The molecule has 0 amide bonds. The Bertz CT molecular complexity index is 878. The van der Waals surface area contributed by atoms with E-state index in [9.17, 15) is 4.79 Å². The van der Waals surface area contributed by atoms with Gasteiger partial charge in [0.05, 0.1) is 0 Å². The lowest BCUT2D eigenvalue weighted by Crippen LogP contribution is -2.04. The number of aryl methyl sites for hydroxylation is 2. The molecule has 3 heteroatoms. The van der Waals surface area contributed by atoms with Crippen molar-refractivity contribution in [3.05, 3.63) is 75.6 Å². The van der Waals surface area contributed by atoms with Gasteiger partial charge < -0.3 is 9.15 Å². The van der Waals surface area contributed by atoms with E-state index in [2.05, 4.69) is 6.07 Å². The molecule has 0 aliphatic heterocycles. The van der Waals surface area contributed by atoms with Crippen molar-refractivity contribution in [2.75, 3.05) is 0 Å². The first-order valence-corrected chi connectivity index (χ1v) is 7.56. The van der Waals surface area contributed by atoms with Gasteiger partial charge in [-0.1, -0.05) is 18.2 Å². The molecule has 0 radical (unpaired) electrons. The maximum absolute atomic E-state index is 11.8. The number of fused-ring (bicyclic) bond motifs is 2. The fourth-order valence-electron chi connectivity index (χ4n) is 3.09. The minimum Gasteiger partial charge on any atom is -0.489 e. The fourth-order valence-corrected chi connectivity index (χ4v) is 3.09. The van der Waals surface area contributed by atoms with Gasteiger partial charge in [0.15, 0.2) is 0 Å². The van der Waals surface area contributed by atoms with E-state index in [0.29, 0.717) is 12.2 Å². The molecule has 0 saturated carbocycles. The lowest BCUT2D eigenvalue weighted by Gasteiger charge is -2.09. The van der Waals surface area contributed by atoms with Gasteiger partial charge in [0.25, 0.3) is 0 Å². The van der Waals surface area contributed by atoms with Gasteiger partial charge in [-0.25, -0.2) is 4.79 Å². The van der Waals surface area contributed by atoms with Crippen molar-refractivity contribution in [1.82, 2.24) is 0 Å². The third-order valence-electron chi connectivity index (χ3n) is 4.18. The number of ether oxygens (including phenoxy) is 1. The Morgan fingerprint density at radius 2 is 1.77 bits per heavy atom. The van der Waals surface area contributed by atoms with Gasteiger partial charge >= 0.3 is 5.63 Å². The Morgan fingerprint density at radius 1 is 1.00 bits per heavy atom. The van der Waals surface area contributed by atoms with E-state index in [1.165, 1.54) is 23.6 Å². The monoisotopic (exact) mass is 292 g/mol. The lowest BCUT2D eigenvalue weighted by molar-refractivity contribution is 0.306. The minimum atomic E-state index is -0.322. The van der Waals surface area contributed by atoms with Crippen LogP contribution in [0.25, 0.3) is 11.0 Å². The molecule has 3 nitrogen and oxygen atoms in total. The Kier molecular flexibility index (Phi) is 3.19. The number of benzene rings is 2. The van der Waals surface area contributed by atoms with Crippen LogP contribution in [-0.4, -0.2) is 0 Å². The van der Waals surface area contributed by atoms with E-state index in [-0.39, 0.29) is 5.63 Å². The highest BCUT2D eigenvalue weighted by Crippen LogP contribution is 2.29. The molecule has 1 aromatic heterocycles. The summed E-state index contributed by atoms with van der Waals surface area (Å²) < 4.78 is 11.2. The zero-order valence-corrected chi connectivity index (χ0v) is 12.2. The first-order chi connectivity index (χ1) is 10.8. The van der Waals surface area contributed by atoms with Crippen LogP contribution in [0.4, 0.5) is 0 Å². The molecule has 0 bridgehead atoms. The zero-order valence-electron chi connectivity index (χ0n) is 12.2. The van der Waals surface area contributed by atoms with E-state index in [1.54, 1.807) is 0 Å². The summed E-state index contributed by atoms with van der Waals surface area (Å²) in [6.07, 6.45) is 3.34. The predicted molar refractivity (Wildman–Crippen MR) is 85.3 cm³/mol. The van der Waals surface area contributed by atoms with Crippen LogP contribution in [0.15, 0.2) is 57.7 Å². The molecule has 0 saturated heterocycles. The standard InChI is InChI=1S/C19H16O3/c20-19-11-15(12-21-16-7-2-1-3-8-16)17-9-13-5-4-6-14(13)10-18(17)22-19/h1-3,7-11H,4-6,12H2. The average Bonchev–Trinajstić information content (AvgIpc) is 2.99. The summed E-state index contributed by atoms with van der Waals surface area (Å²) in [7, 11) is 0. The molecule has 0 N–H and O–H groups in total. The molecular formula is C19H16O3. The number of hydrogen-bond donors (Lipinski definition) is 0. The van der Waals surface area contributed by atoms with E-state index in [4.69, 9.17) is 9.15 Å². The van der Waals surface area contributed by atoms with Crippen LogP contribution in [0.1, 0.15) is 23.1 Å². The molecule has 0 atom stereocenters. The fraction of sp³-hybridized carbons (Fsp3) is 0.211. The summed E-state index contributed by atoms with van der Waals surface area (Å²) in [5.41, 5.74) is 3.89. The van der Waals surface area contributed by atoms with Crippen LogP contribution >= 0.6 is 0 Å². The Morgan fingerprint density at radius 3 is 2.59 bits per heavy atom. The predicted octanol–water partition coefficient (Wildman–Crippen LogP) is 3.86. The minimum absolute atomic E-state index is 0.322.